The summed E-state index contributed by atoms with van der Waals surface area (Å²) >= 11 is 0.914. The number of alkyl halides is 2. The molecule has 378 valence electrons. The molecule has 0 saturated carbocycles. The van der Waals surface area contributed by atoms with Crippen LogP contribution in [-0.2, 0) is 43.7 Å². The highest BCUT2D eigenvalue weighted by molar-refractivity contribution is 7.52. The number of ether oxygens (including phenoxy) is 2. The lowest BCUT2D eigenvalue weighted by Crippen LogP contribution is -2.58. The van der Waals surface area contributed by atoms with Gasteiger partial charge < -0.3 is 39.7 Å². The number of morpholine rings is 1. The second-order valence-electron chi connectivity index (χ2n) is 18.7. The summed E-state index contributed by atoms with van der Waals surface area (Å²) in [5.74, 6) is 0.482. The average Bonchev–Trinajstić information content (AvgIpc) is 4.05. The first kappa shape index (κ1) is 51.6. The Labute approximate surface area is 414 Å². The number of piperidine rings is 1. The van der Waals surface area contributed by atoms with Crippen LogP contribution in [0.4, 0.5) is 8.78 Å². The van der Waals surface area contributed by atoms with Crippen molar-refractivity contribution in [2.75, 3.05) is 39.4 Å². The third-order valence-electron chi connectivity index (χ3n) is 12.7. The molecule has 0 spiro atoms. The first-order valence-electron chi connectivity index (χ1n) is 22.8. The molecular formula is C49H49F2N6O13PS. The summed E-state index contributed by atoms with van der Waals surface area (Å²) in [6, 6.07) is 14.5. The quantitative estimate of drug-likeness (QED) is 0.0776. The number of benzene rings is 3. The summed E-state index contributed by atoms with van der Waals surface area (Å²) in [4.78, 5) is 130. The number of hydrogen-bond donors (Lipinski definition) is 5. The zero-order valence-electron chi connectivity index (χ0n) is 39.0. The van der Waals surface area contributed by atoms with E-state index in [1.165, 1.54) is 35.2 Å². The van der Waals surface area contributed by atoms with E-state index in [0.29, 0.717) is 4.70 Å². The van der Waals surface area contributed by atoms with Gasteiger partial charge in [-0.15, -0.1) is 11.3 Å². The van der Waals surface area contributed by atoms with E-state index < -0.39 is 108 Å². The predicted molar refractivity (Wildman–Crippen MR) is 253 cm³/mol. The lowest BCUT2D eigenvalue weighted by molar-refractivity contribution is -0.150. The molecule has 0 bridgehead atoms. The van der Waals surface area contributed by atoms with Gasteiger partial charge in [0.05, 0.1) is 41.8 Å². The molecule has 2 unspecified atom stereocenters. The molecule has 8 rings (SSSR count). The lowest BCUT2D eigenvalue weighted by Gasteiger charge is -2.38. The summed E-state index contributed by atoms with van der Waals surface area (Å²) in [5.41, 5.74) is -5.32. The van der Waals surface area contributed by atoms with E-state index in [0.717, 1.165) is 33.9 Å². The van der Waals surface area contributed by atoms with Gasteiger partial charge in [0.1, 0.15) is 30.8 Å². The molecule has 5 heterocycles. The number of carbonyl (C=O) groups is 8. The van der Waals surface area contributed by atoms with E-state index in [4.69, 9.17) is 9.47 Å². The van der Waals surface area contributed by atoms with Gasteiger partial charge in [-0.1, -0.05) is 75.1 Å². The van der Waals surface area contributed by atoms with Crippen LogP contribution in [0, 0.1) is 17.3 Å². The number of fused-ring (bicyclic) bond motifs is 2. The van der Waals surface area contributed by atoms with E-state index in [1.54, 1.807) is 25.7 Å². The van der Waals surface area contributed by atoms with Gasteiger partial charge in [-0.2, -0.15) is 8.78 Å². The Morgan fingerprint density at radius 3 is 2.44 bits per heavy atom. The number of rotatable bonds is 12. The molecule has 5 atom stereocenters. The molecule has 5 N–H and O–H groups in total. The van der Waals surface area contributed by atoms with Crippen LogP contribution in [0.25, 0.3) is 10.1 Å². The Morgan fingerprint density at radius 1 is 0.986 bits per heavy atom. The van der Waals surface area contributed by atoms with Gasteiger partial charge in [-0.3, -0.25) is 53.1 Å². The first-order chi connectivity index (χ1) is 34.0. The van der Waals surface area contributed by atoms with Crippen molar-refractivity contribution in [3.63, 3.8) is 0 Å². The van der Waals surface area contributed by atoms with Crippen molar-refractivity contribution in [1.29, 1.82) is 0 Å². The maximum atomic E-state index is 14.8. The van der Waals surface area contributed by atoms with E-state index in [9.17, 15) is 61.5 Å². The number of hydrogen-bond acceptors (Lipinski definition) is 12. The zero-order chi connectivity index (χ0) is 51.9. The Balaban J connectivity index is 0.957. The van der Waals surface area contributed by atoms with Crippen molar-refractivity contribution in [3.05, 3.63) is 105 Å². The highest BCUT2D eigenvalue weighted by Crippen LogP contribution is 2.59. The largest absolute Gasteiger partial charge is 0.399 e. The van der Waals surface area contributed by atoms with E-state index >= 15 is 0 Å². The number of amides is 8. The van der Waals surface area contributed by atoms with Gasteiger partial charge in [0.15, 0.2) is 0 Å². The van der Waals surface area contributed by atoms with Crippen LogP contribution >= 0.6 is 18.9 Å². The maximum absolute atomic E-state index is 14.8. The van der Waals surface area contributed by atoms with Crippen LogP contribution in [0.2, 0.25) is 0 Å². The molecule has 3 saturated heterocycles. The number of likely N-dealkylation sites (tertiary alicyclic amines) is 1. The van der Waals surface area contributed by atoms with Crippen molar-refractivity contribution in [2.24, 2.45) is 5.41 Å². The number of carbonyl (C=O) groups excluding carboxylic acids is 8. The monoisotopic (exact) mass is 1030 g/mol. The second kappa shape index (κ2) is 20.4. The molecule has 0 radical (unpaired) electrons. The molecule has 8 amide bonds. The van der Waals surface area contributed by atoms with Gasteiger partial charge >= 0.3 is 13.3 Å². The average molecular weight is 1030 g/mol. The highest BCUT2D eigenvalue weighted by atomic mass is 32.1. The van der Waals surface area contributed by atoms with Gasteiger partial charge in [0.2, 0.25) is 29.5 Å². The van der Waals surface area contributed by atoms with E-state index in [2.05, 4.69) is 27.8 Å². The Hall–Kier alpha value is -6.73. The molecule has 3 aromatic carbocycles. The Bertz CT molecular complexity index is 3000. The molecular weight excluding hydrogens is 982 g/mol. The molecule has 1 aromatic heterocycles. The lowest BCUT2D eigenvalue weighted by atomic mass is 9.85. The molecule has 4 aromatic rings. The first-order valence-corrected chi connectivity index (χ1v) is 25.2. The summed E-state index contributed by atoms with van der Waals surface area (Å²) < 4.78 is 53.1. The molecule has 19 nitrogen and oxygen atoms in total. The van der Waals surface area contributed by atoms with Crippen molar-refractivity contribution in [3.8, 4) is 11.8 Å². The normalized spacial score (nSPS) is 21.0. The fraction of sp³-hybridized carbons (Fsp3) is 0.388. The van der Waals surface area contributed by atoms with E-state index in [1.807, 2.05) is 30.3 Å². The molecule has 23 heteroatoms. The molecule has 4 aliphatic rings. The van der Waals surface area contributed by atoms with Gasteiger partial charge in [0, 0.05) is 41.8 Å². The van der Waals surface area contributed by atoms with Crippen LogP contribution in [0.3, 0.4) is 0 Å². The predicted octanol–water partition coefficient (Wildman–Crippen LogP) is 3.43. The van der Waals surface area contributed by atoms with Gasteiger partial charge in [-0.05, 0) is 53.1 Å². The molecule has 0 aliphatic carbocycles. The van der Waals surface area contributed by atoms with Crippen LogP contribution in [-0.4, -0.2) is 135 Å². The Morgan fingerprint density at radius 2 is 1.74 bits per heavy atom. The zero-order valence-corrected chi connectivity index (χ0v) is 40.7. The van der Waals surface area contributed by atoms with Crippen molar-refractivity contribution < 1.29 is 71.0 Å². The third-order valence-corrected chi connectivity index (χ3v) is 14.8. The van der Waals surface area contributed by atoms with Crippen LogP contribution in [0.5, 0.6) is 0 Å². The number of nitrogens with one attached hydrogen (secondary N) is 3. The minimum Gasteiger partial charge on any atom is -0.370 e. The molecule has 72 heavy (non-hydrogen) atoms. The summed E-state index contributed by atoms with van der Waals surface area (Å²) in [6.07, 6.45) is -1.37. The SMILES string of the molecule is CC(C)(C)C(NC(=O)c1cc2cc(C(F)(F)P(=O)(O)O)ccc2s1)C(=O)N1C[C@@H](OCC(=O)NCC#Cc2cccc3c2C(=O)N(C2CCC(=O)NC2=O)C3=O)C[C@H]1C(=O)N1CCO[C@H](c2ccccc2)C1. The van der Waals surface area contributed by atoms with Crippen molar-refractivity contribution in [2.45, 2.75) is 76.0 Å². The van der Waals surface area contributed by atoms with Crippen LogP contribution in [0.1, 0.15) is 93.2 Å². The number of imide groups is 2. The minimum absolute atomic E-state index is 0.00814. The van der Waals surface area contributed by atoms with Crippen molar-refractivity contribution >= 4 is 76.3 Å². The Kier molecular flexibility index (Phi) is 14.6. The number of halogens is 2. The summed E-state index contributed by atoms with van der Waals surface area (Å²) in [6.45, 7) is 4.85. The molecule has 3 fully saturated rings. The summed E-state index contributed by atoms with van der Waals surface area (Å²) in [7, 11) is -5.87. The van der Waals surface area contributed by atoms with Gasteiger partial charge in [-0.25, -0.2) is 0 Å². The standard InChI is InChI=1S/C49H49F2N6O13PS/c1-48(2,3)41(54-43(61)37-22-29-21-30(14-16-36(29)72-37)49(50,51)71(66,67)68)47(65)56-24-31(23-34(56)45(63)55-19-20-69-35(25-55)27-9-5-4-6-10-27)70-26-39(59)52-18-8-12-28-11-7-13-32-40(28)46(64)57(44(32)62)33-15-17-38(58)53-42(33)60/h4-7,9-11,13-14,16,21-22,31,33-35,41H,15,17-20,23-26H2,1-3H3,(H,52,59)(H,54,61)(H,53,58,60)(H2,66,67,68)/t31-,33?,34-,35-,41?/m0/s1. The number of nitrogens with zero attached hydrogens (tertiary/aromatic N) is 3. The van der Waals surface area contributed by atoms with Crippen LogP contribution < -0.4 is 16.0 Å². The maximum Gasteiger partial charge on any atom is 0.399 e. The molecule has 4 aliphatic heterocycles. The fourth-order valence-electron chi connectivity index (χ4n) is 9.00. The number of thiophene rings is 1. The van der Waals surface area contributed by atoms with E-state index in [-0.39, 0.29) is 79.0 Å². The van der Waals surface area contributed by atoms with Crippen molar-refractivity contribution in [1.82, 2.24) is 30.7 Å². The second-order valence-corrected chi connectivity index (χ2v) is 21.4. The third kappa shape index (κ3) is 10.6. The van der Waals surface area contributed by atoms with Gasteiger partial charge in [0.25, 0.3) is 17.7 Å². The summed E-state index contributed by atoms with van der Waals surface area (Å²) in [5, 5.41) is 7.64. The fourth-order valence-corrected chi connectivity index (χ4v) is 10.4. The topological polar surface area (TPSA) is 258 Å². The minimum atomic E-state index is -5.87. The smallest absolute Gasteiger partial charge is 0.370 e. The van der Waals surface area contributed by atoms with Crippen LogP contribution in [0.15, 0.2) is 72.8 Å². The highest BCUT2D eigenvalue weighted by Gasteiger charge is 2.51.